The van der Waals surface area contributed by atoms with Gasteiger partial charge in [0.05, 0.1) is 6.61 Å². The summed E-state index contributed by atoms with van der Waals surface area (Å²) in [6.45, 7) is 4.20. The van der Waals surface area contributed by atoms with Crippen LogP contribution < -0.4 is 15.4 Å². The molecule has 0 spiro atoms. The van der Waals surface area contributed by atoms with Crippen LogP contribution in [0.15, 0.2) is 24.3 Å². The topological polar surface area (TPSA) is 106 Å². The van der Waals surface area contributed by atoms with Crippen LogP contribution in [-0.2, 0) is 9.47 Å². The molecule has 1 heterocycles. The second-order valence-electron chi connectivity index (χ2n) is 11.3. The molecule has 1 saturated carbocycles. The van der Waals surface area contributed by atoms with E-state index in [1.807, 2.05) is 12.1 Å². The van der Waals surface area contributed by atoms with Crippen molar-refractivity contribution in [2.24, 2.45) is 0 Å². The molecule has 9 heteroatoms. The molecule has 2 aliphatic rings. The van der Waals surface area contributed by atoms with Crippen molar-refractivity contribution in [3.63, 3.8) is 0 Å². The van der Waals surface area contributed by atoms with Gasteiger partial charge in [0.2, 0.25) is 0 Å². The molecule has 1 aliphatic carbocycles. The van der Waals surface area contributed by atoms with Crippen LogP contribution in [0.3, 0.4) is 0 Å². The fraction of sp³-hybridized carbons (Fsp3) is 0.719. The fourth-order valence-corrected chi connectivity index (χ4v) is 5.53. The van der Waals surface area contributed by atoms with E-state index in [2.05, 4.69) is 29.7 Å². The van der Waals surface area contributed by atoms with Gasteiger partial charge in [-0.15, -0.1) is 0 Å². The van der Waals surface area contributed by atoms with Crippen LogP contribution in [0.2, 0.25) is 0 Å². The van der Waals surface area contributed by atoms with Gasteiger partial charge in [-0.3, -0.25) is 4.90 Å². The summed E-state index contributed by atoms with van der Waals surface area (Å²) >= 11 is 0. The zero-order valence-corrected chi connectivity index (χ0v) is 25.0. The number of benzene rings is 1. The zero-order chi connectivity index (χ0) is 29.1. The predicted octanol–water partition coefficient (Wildman–Crippen LogP) is 7.64. The third-order valence-electron chi connectivity index (χ3n) is 7.96. The lowest BCUT2D eigenvalue weighted by Crippen LogP contribution is -2.48. The van der Waals surface area contributed by atoms with Crippen molar-refractivity contribution in [1.82, 2.24) is 15.5 Å². The number of rotatable bonds is 15. The number of hydrogen-bond acceptors (Lipinski definition) is 6. The van der Waals surface area contributed by atoms with Crippen molar-refractivity contribution < 1.29 is 28.6 Å². The highest BCUT2D eigenvalue weighted by atomic mass is 16.6. The zero-order valence-electron chi connectivity index (χ0n) is 25.0. The Hall–Kier alpha value is -2.97. The molecule has 1 aromatic rings. The van der Waals surface area contributed by atoms with Gasteiger partial charge in [0, 0.05) is 26.1 Å². The van der Waals surface area contributed by atoms with Crippen molar-refractivity contribution in [1.29, 1.82) is 0 Å². The van der Waals surface area contributed by atoms with Gasteiger partial charge in [0.25, 0.3) is 0 Å². The van der Waals surface area contributed by atoms with E-state index in [0.29, 0.717) is 44.3 Å². The number of hydrogen-bond donors (Lipinski definition) is 2. The number of alkyl carbamates (subject to hydrolysis) is 2. The molecule has 1 unspecified atom stereocenters. The lowest BCUT2D eigenvalue weighted by atomic mass is 9.84. The first kappa shape index (κ1) is 32.5. The second-order valence-corrected chi connectivity index (χ2v) is 11.3. The Kier molecular flexibility index (Phi) is 15.2. The van der Waals surface area contributed by atoms with Crippen LogP contribution in [0, 0.1) is 0 Å². The third kappa shape index (κ3) is 12.6. The van der Waals surface area contributed by atoms with E-state index in [0.717, 1.165) is 51.4 Å². The van der Waals surface area contributed by atoms with Gasteiger partial charge in [0.15, 0.2) is 6.23 Å². The average molecular weight is 574 g/mol. The fourth-order valence-electron chi connectivity index (χ4n) is 5.53. The quantitative estimate of drug-likeness (QED) is 0.209. The van der Waals surface area contributed by atoms with Gasteiger partial charge in [0.1, 0.15) is 5.75 Å². The number of piperidine rings is 1. The summed E-state index contributed by atoms with van der Waals surface area (Å²) in [5.41, 5.74) is 1.31. The van der Waals surface area contributed by atoms with Crippen LogP contribution >= 0.6 is 0 Å². The predicted molar refractivity (Wildman–Crippen MR) is 159 cm³/mol. The van der Waals surface area contributed by atoms with E-state index in [1.54, 1.807) is 0 Å². The smallest absolute Gasteiger partial charge is 0.418 e. The third-order valence-corrected chi connectivity index (χ3v) is 7.96. The number of nitrogens with zero attached hydrogens (tertiary/aromatic N) is 1. The van der Waals surface area contributed by atoms with Gasteiger partial charge in [-0.05, 0) is 75.0 Å². The first-order chi connectivity index (χ1) is 20.1. The summed E-state index contributed by atoms with van der Waals surface area (Å²) < 4.78 is 16.4. The number of likely N-dealkylation sites (tertiary alicyclic amines) is 1. The summed E-state index contributed by atoms with van der Waals surface area (Å²) in [5.74, 6) is 1.11. The van der Waals surface area contributed by atoms with Crippen molar-refractivity contribution >= 4 is 18.3 Å². The van der Waals surface area contributed by atoms with E-state index in [1.165, 1.54) is 55.4 Å². The molecule has 1 aliphatic heterocycles. The van der Waals surface area contributed by atoms with Crippen LogP contribution in [0.5, 0.6) is 5.75 Å². The number of nitrogens with one attached hydrogen (secondary N) is 2. The number of unbranched alkanes of at least 4 members (excludes halogenated alkanes) is 6. The lowest BCUT2D eigenvalue weighted by molar-refractivity contribution is -0.0224. The Morgan fingerprint density at radius 3 is 2.17 bits per heavy atom. The van der Waals surface area contributed by atoms with Gasteiger partial charge in [-0.1, -0.05) is 64.0 Å². The summed E-state index contributed by atoms with van der Waals surface area (Å²) in [6.07, 6.45) is 14.5. The van der Waals surface area contributed by atoms with Crippen molar-refractivity contribution in [3.05, 3.63) is 29.8 Å². The van der Waals surface area contributed by atoms with E-state index < -0.39 is 18.4 Å². The Labute approximate surface area is 246 Å². The van der Waals surface area contributed by atoms with Crippen molar-refractivity contribution in [2.75, 3.05) is 26.2 Å². The molecule has 0 bridgehead atoms. The highest BCUT2D eigenvalue weighted by Gasteiger charge is 2.31. The van der Waals surface area contributed by atoms with E-state index in [9.17, 15) is 14.4 Å². The molecule has 0 radical (unpaired) electrons. The second kappa shape index (κ2) is 19.2. The van der Waals surface area contributed by atoms with Gasteiger partial charge in [-0.2, -0.15) is 0 Å². The van der Waals surface area contributed by atoms with Gasteiger partial charge >= 0.3 is 18.3 Å². The monoisotopic (exact) mass is 573 g/mol. The molecule has 2 fully saturated rings. The molecule has 1 atom stereocenters. The molecular formula is C32H51N3O6. The molecule has 0 aromatic heterocycles. The minimum atomic E-state index is -0.632. The lowest BCUT2D eigenvalue weighted by Gasteiger charge is -2.33. The van der Waals surface area contributed by atoms with Gasteiger partial charge < -0.3 is 24.8 Å². The average Bonchev–Trinajstić information content (AvgIpc) is 2.99. The minimum absolute atomic E-state index is 0.348. The Bertz CT molecular complexity index is 903. The normalized spacial score (nSPS) is 17.5. The van der Waals surface area contributed by atoms with Crippen molar-refractivity contribution in [2.45, 2.75) is 122 Å². The Morgan fingerprint density at radius 1 is 0.780 bits per heavy atom. The van der Waals surface area contributed by atoms with Crippen LogP contribution in [0.1, 0.15) is 121 Å². The summed E-state index contributed by atoms with van der Waals surface area (Å²) in [7, 11) is 0. The number of carbonyl (C=O) groups excluding carboxylic acids is 3. The number of carbonyl (C=O) groups is 3. The maximum Gasteiger partial charge on any atom is 0.418 e. The molecule has 1 saturated heterocycles. The molecule has 3 rings (SSSR count). The molecular weight excluding hydrogens is 522 g/mol. The maximum absolute atomic E-state index is 12.9. The maximum atomic E-state index is 12.9. The first-order valence-corrected chi connectivity index (χ1v) is 16.0. The highest BCUT2D eigenvalue weighted by Crippen LogP contribution is 2.33. The van der Waals surface area contributed by atoms with Crippen molar-refractivity contribution in [3.8, 4) is 5.75 Å². The number of ether oxygens (including phenoxy) is 3. The van der Waals surface area contributed by atoms with E-state index in [-0.39, 0.29) is 6.09 Å². The Balaban J connectivity index is 1.26. The highest BCUT2D eigenvalue weighted by molar-refractivity contribution is 5.72. The molecule has 41 heavy (non-hydrogen) atoms. The molecule has 9 nitrogen and oxygen atoms in total. The standard InChI is InChI=1S/C32H51N3O6/c1-2-3-4-11-22-33-30(36)39-25-14-6-5-12-23-34-31(37)41-29-17-10-13-24-35(29)32(38)40-28-20-18-27(19-21-28)26-15-8-7-9-16-26/h18-21,26,29H,2-17,22-25H2,1H3,(H,33,36)(H,34,37). The molecule has 1 aromatic carbocycles. The molecule has 230 valence electrons. The summed E-state index contributed by atoms with van der Waals surface area (Å²) in [6, 6.07) is 7.86. The SMILES string of the molecule is CCCCCCNC(=O)OCCCCCCNC(=O)OC1CCCCN1C(=O)Oc1ccc(C2CCCCC2)cc1. The summed E-state index contributed by atoms with van der Waals surface area (Å²) in [5, 5.41) is 5.57. The number of amides is 3. The van der Waals surface area contributed by atoms with Crippen LogP contribution in [-0.4, -0.2) is 55.6 Å². The first-order valence-electron chi connectivity index (χ1n) is 16.0. The Morgan fingerprint density at radius 2 is 1.44 bits per heavy atom. The van der Waals surface area contributed by atoms with Crippen LogP contribution in [0.4, 0.5) is 14.4 Å². The van der Waals surface area contributed by atoms with Gasteiger partial charge in [-0.25, -0.2) is 14.4 Å². The van der Waals surface area contributed by atoms with E-state index >= 15 is 0 Å². The summed E-state index contributed by atoms with van der Waals surface area (Å²) in [4.78, 5) is 38.5. The van der Waals surface area contributed by atoms with Crippen LogP contribution in [0.25, 0.3) is 0 Å². The molecule has 3 amide bonds. The largest absolute Gasteiger partial charge is 0.450 e. The van der Waals surface area contributed by atoms with E-state index in [4.69, 9.17) is 14.2 Å². The minimum Gasteiger partial charge on any atom is -0.450 e. The molecule has 2 N–H and O–H groups in total.